The van der Waals surface area contributed by atoms with Gasteiger partial charge in [-0.1, -0.05) is 0 Å². The summed E-state index contributed by atoms with van der Waals surface area (Å²) in [6, 6.07) is 1.57. The van der Waals surface area contributed by atoms with E-state index in [1.165, 1.54) is 0 Å². The molecule has 0 atom stereocenters. The molecule has 0 radical (unpaired) electrons. The SMILES string of the molecule is NNc1cc(NCC(=O)N2CCOCC2)nc(N)n1. The van der Waals surface area contributed by atoms with Crippen molar-refractivity contribution in [3.63, 3.8) is 0 Å². The Kier molecular flexibility index (Phi) is 4.31. The van der Waals surface area contributed by atoms with E-state index in [9.17, 15) is 4.79 Å². The number of nitrogens with two attached hydrogens (primary N) is 2. The second-order valence-corrected chi connectivity index (χ2v) is 3.99. The summed E-state index contributed by atoms with van der Waals surface area (Å²) in [5.74, 6) is 6.15. The summed E-state index contributed by atoms with van der Waals surface area (Å²) in [5, 5.41) is 2.90. The lowest BCUT2D eigenvalue weighted by Gasteiger charge is -2.26. The van der Waals surface area contributed by atoms with E-state index in [4.69, 9.17) is 16.3 Å². The van der Waals surface area contributed by atoms with Crippen molar-refractivity contribution in [2.45, 2.75) is 0 Å². The number of amides is 1. The minimum Gasteiger partial charge on any atom is -0.378 e. The van der Waals surface area contributed by atoms with Gasteiger partial charge in [0.2, 0.25) is 11.9 Å². The van der Waals surface area contributed by atoms with Gasteiger partial charge in [0.05, 0.1) is 19.8 Å². The van der Waals surface area contributed by atoms with Gasteiger partial charge in [-0.25, -0.2) is 5.84 Å². The van der Waals surface area contributed by atoms with Crippen LogP contribution in [0.1, 0.15) is 0 Å². The maximum absolute atomic E-state index is 11.9. The third-order valence-electron chi connectivity index (χ3n) is 2.68. The topological polar surface area (TPSA) is 131 Å². The first-order valence-corrected chi connectivity index (χ1v) is 5.89. The molecule has 9 nitrogen and oxygen atoms in total. The maximum Gasteiger partial charge on any atom is 0.242 e. The highest BCUT2D eigenvalue weighted by molar-refractivity contribution is 5.80. The lowest BCUT2D eigenvalue weighted by molar-refractivity contribution is -0.133. The molecule has 0 bridgehead atoms. The number of morpholine rings is 1. The first-order valence-electron chi connectivity index (χ1n) is 5.89. The molecule has 1 amide bonds. The fourth-order valence-corrected chi connectivity index (χ4v) is 1.72. The standard InChI is InChI=1S/C10H17N7O2/c11-10-14-7(5-8(15-10)16-12)13-6-9(18)17-1-3-19-4-2-17/h5H,1-4,6,12H2,(H4,11,13,14,15,16). The van der Waals surface area contributed by atoms with Crippen LogP contribution in [0.5, 0.6) is 0 Å². The van der Waals surface area contributed by atoms with E-state index in [0.717, 1.165) is 0 Å². The summed E-state index contributed by atoms with van der Waals surface area (Å²) in [4.78, 5) is 21.5. The van der Waals surface area contributed by atoms with Crippen molar-refractivity contribution >= 4 is 23.5 Å². The van der Waals surface area contributed by atoms with Crippen molar-refractivity contribution in [1.29, 1.82) is 0 Å². The monoisotopic (exact) mass is 267 g/mol. The summed E-state index contributed by atoms with van der Waals surface area (Å²) in [6.07, 6.45) is 0. The zero-order valence-electron chi connectivity index (χ0n) is 10.4. The van der Waals surface area contributed by atoms with E-state index in [0.29, 0.717) is 37.9 Å². The third-order valence-corrected chi connectivity index (χ3v) is 2.68. The van der Waals surface area contributed by atoms with Gasteiger partial charge in [0, 0.05) is 19.2 Å². The van der Waals surface area contributed by atoms with Crippen LogP contribution in [0.3, 0.4) is 0 Å². The van der Waals surface area contributed by atoms with Crippen LogP contribution in [0, 0.1) is 0 Å². The molecule has 104 valence electrons. The van der Waals surface area contributed by atoms with E-state index in [1.54, 1.807) is 11.0 Å². The number of nitrogen functional groups attached to an aromatic ring is 2. The number of ether oxygens (including phenoxy) is 1. The zero-order chi connectivity index (χ0) is 13.7. The molecular weight excluding hydrogens is 250 g/mol. The summed E-state index contributed by atoms with van der Waals surface area (Å²) < 4.78 is 5.19. The molecule has 0 spiro atoms. The van der Waals surface area contributed by atoms with E-state index in [-0.39, 0.29) is 18.4 Å². The molecule has 1 aromatic heterocycles. The first kappa shape index (κ1) is 13.3. The molecule has 2 heterocycles. The zero-order valence-corrected chi connectivity index (χ0v) is 10.4. The molecule has 2 rings (SSSR count). The molecule has 1 aliphatic rings. The Morgan fingerprint density at radius 1 is 1.37 bits per heavy atom. The van der Waals surface area contributed by atoms with Crippen LogP contribution in [-0.4, -0.2) is 53.6 Å². The van der Waals surface area contributed by atoms with Gasteiger partial charge in [-0.15, -0.1) is 0 Å². The summed E-state index contributed by atoms with van der Waals surface area (Å²) in [6.45, 7) is 2.52. The molecular formula is C10H17N7O2. The van der Waals surface area contributed by atoms with Crippen molar-refractivity contribution in [2.24, 2.45) is 5.84 Å². The Morgan fingerprint density at radius 2 is 2.05 bits per heavy atom. The molecule has 1 aliphatic heterocycles. The predicted molar refractivity (Wildman–Crippen MR) is 70.1 cm³/mol. The summed E-state index contributed by atoms with van der Waals surface area (Å²) in [7, 11) is 0. The third kappa shape index (κ3) is 3.66. The van der Waals surface area contributed by atoms with Gasteiger partial charge in [-0.3, -0.25) is 4.79 Å². The van der Waals surface area contributed by atoms with Crippen molar-refractivity contribution in [2.75, 3.05) is 49.3 Å². The smallest absolute Gasteiger partial charge is 0.242 e. The van der Waals surface area contributed by atoms with Crippen LogP contribution < -0.4 is 22.3 Å². The fourth-order valence-electron chi connectivity index (χ4n) is 1.72. The summed E-state index contributed by atoms with van der Waals surface area (Å²) in [5.41, 5.74) is 7.89. The van der Waals surface area contributed by atoms with Crippen molar-refractivity contribution < 1.29 is 9.53 Å². The highest BCUT2D eigenvalue weighted by Crippen LogP contribution is 2.11. The molecule has 0 unspecified atom stereocenters. The average Bonchev–Trinajstić information content (AvgIpc) is 2.45. The molecule has 1 saturated heterocycles. The highest BCUT2D eigenvalue weighted by Gasteiger charge is 2.16. The number of hydrogen-bond acceptors (Lipinski definition) is 8. The Labute approximate surface area is 110 Å². The molecule has 9 heteroatoms. The van der Waals surface area contributed by atoms with Gasteiger partial charge < -0.3 is 26.1 Å². The van der Waals surface area contributed by atoms with Crippen LogP contribution in [0.2, 0.25) is 0 Å². The Bertz CT molecular complexity index is 448. The number of anilines is 3. The van der Waals surface area contributed by atoms with Crippen molar-refractivity contribution in [1.82, 2.24) is 14.9 Å². The molecule has 6 N–H and O–H groups in total. The predicted octanol–water partition coefficient (Wildman–Crippen LogP) is -1.38. The lowest BCUT2D eigenvalue weighted by Crippen LogP contribution is -2.43. The molecule has 1 fully saturated rings. The van der Waals surface area contributed by atoms with Crippen molar-refractivity contribution in [3.8, 4) is 0 Å². The Balaban J connectivity index is 1.90. The van der Waals surface area contributed by atoms with Gasteiger partial charge in [0.1, 0.15) is 11.6 Å². The minimum absolute atomic E-state index is 0.0114. The average molecular weight is 267 g/mol. The molecule has 0 aromatic carbocycles. The van der Waals surface area contributed by atoms with Crippen LogP contribution in [0.4, 0.5) is 17.6 Å². The number of aromatic nitrogens is 2. The molecule has 0 aliphatic carbocycles. The number of carbonyl (C=O) groups is 1. The van der Waals surface area contributed by atoms with E-state index >= 15 is 0 Å². The van der Waals surface area contributed by atoms with E-state index < -0.39 is 0 Å². The fraction of sp³-hybridized carbons (Fsp3) is 0.500. The second kappa shape index (κ2) is 6.16. The Hall–Kier alpha value is -2.13. The second-order valence-electron chi connectivity index (χ2n) is 3.99. The Morgan fingerprint density at radius 3 is 2.74 bits per heavy atom. The number of nitrogens with one attached hydrogen (secondary N) is 2. The normalized spacial score (nSPS) is 15.1. The van der Waals surface area contributed by atoms with Crippen LogP contribution in [0.15, 0.2) is 6.07 Å². The maximum atomic E-state index is 11.9. The molecule has 0 saturated carbocycles. The van der Waals surface area contributed by atoms with Gasteiger partial charge in [-0.2, -0.15) is 9.97 Å². The van der Waals surface area contributed by atoms with Gasteiger partial charge in [0.15, 0.2) is 0 Å². The van der Waals surface area contributed by atoms with E-state index in [1.807, 2.05) is 0 Å². The number of carbonyl (C=O) groups excluding carboxylic acids is 1. The minimum atomic E-state index is -0.0114. The number of hydrogen-bond donors (Lipinski definition) is 4. The van der Waals surface area contributed by atoms with Crippen LogP contribution in [0.25, 0.3) is 0 Å². The van der Waals surface area contributed by atoms with Crippen LogP contribution >= 0.6 is 0 Å². The van der Waals surface area contributed by atoms with Gasteiger partial charge in [-0.05, 0) is 0 Å². The summed E-state index contributed by atoms with van der Waals surface area (Å²) >= 11 is 0. The lowest BCUT2D eigenvalue weighted by atomic mass is 10.4. The molecule has 19 heavy (non-hydrogen) atoms. The number of hydrazine groups is 1. The first-order chi connectivity index (χ1) is 9.19. The number of nitrogens with zero attached hydrogens (tertiary/aromatic N) is 3. The molecule has 1 aromatic rings. The van der Waals surface area contributed by atoms with Crippen LogP contribution in [-0.2, 0) is 9.53 Å². The quantitative estimate of drug-likeness (QED) is 0.387. The van der Waals surface area contributed by atoms with Crippen molar-refractivity contribution in [3.05, 3.63) is 6.07 Å². The highest BCUT2D eigenvalue weighted by atomic mass is 16.5. The largest absolute Gasteiger partial charge is 0.378 e. The van der Waals surface area contributed by atoms with Gasteiger partial charge in [0.25, 0.3) is 0 Å². The number of rotatable bonds is 4. The van der Waals surface area contributed by atoms with Gasteiger partial charge >= 0.3 is 0 Å². The van der Waals surface area contributed by atoms with E-state index in [2.05, 4.69) is 20.7 Å².